The summed E-state index contributed by atoms with van der Waals surface area (Å²) in [6, 6.07) is 8.63. The predicted octanol–water partition coefficient (Wildman–Crippen LogP) is 2.84. The van der Waals surface area contributed by atoms with Gasteiger partial charge in [-0.1, -0.05) is 28.1 Å². The van der Waals surface area contributed by atoms with Crippen molar-refractivity contribution >= 4 is 34.2 Å². The first-order chi connectivity index (χ1) is 9.24. The third-order valence-electron chi connectivity index (χ3n) is 4.05. The van der Waals surface area contributed by atoms with E-state index in [4.69, 9.17) is 0 Å². The molecule has 3 atom stereocenters. The third-order valence-corrected chi connectivity index (χ3v) is 4.54. The fraction of sp³-hybridized carbons (Fsp3) is 0.533. The van der Waals surface area contributed by atoms with Gasteiger partial charge < -0.3 is 10.6 Å². The SMILES string of the molecule is Cl.O=C(NC1CCCNC1)C1CC1c1cccc(Br)c1. The predicted molar refractivity (Wildman–Crippen MR) is 86.3 cm³/mol. The van der Waals surface area contributed by atoms with E-state index in [2.05, 4.69) is 38.7 Å². The van der Waals surface area contributed by atoms with E-state index in [1.165, 1.54) is 5.56 Å². The number of hydrogen-bond donors (Lipinski definition) is 2. The summed E-state index contributed by atoms with van der Waals surface area (Å²) in [7, 11) is 0. The van der Waals surface area contributed by atoms with Gasteiger partial charge in [0.2, 0.25) is 5.91 Å². The van der Waals surface area contributed by atoms with Gasteiger partial charge in [-0.05, 0) is 49.4 Å². The molecule has 1 saturated carbocycles. The quantitative estimate of drug-likeness (QED) is 0.871. The van der Waals surface area contributed by atoms with Crippen LogP contribution in [0.4, 0.5) is 0 Å². The topological polar surface area (TPSA) is 41.1 Å². The van der Waals surface area contributed by atoms with E-state index in [0.717, 1.165) is 36.8 Å². The zero-order chi connectivity index (χ0) is 13.2. The Morgan fingerprint density at radius 1 is 1.40 bits per heavy atom. The first-order valence-electron chi connectivity index (χ1n) is 7.00. The van der Waals surface area contributed by atoms with Crippen molar-refractivity contribution in [3.05, 3.63) is 34.3 Å². The van der Waals surface area contributed by atoms with E-state index in [0.29, 0.717) is 12.0 Å². The number of carbonyl (C=O) groups is 1. The number of benzene rings is 1. The highest BCUT2D eigenvalue weighted by atomic mass is 79.9. The summed E-state index contributed by atoms with van der Waals surface area (Å²) >= 11 is 3.49. The normalized spacial score (nSPS) is 28.4. The molecule has 1 amide bonds. The molecular weight excluding hydrogens is 340 g/mol. The lowest BCUT2D eigenvalue weighted by Gasteiger charge is -2.23. The van der Waals surface area contributed by atoms with Crippen LogP contribution < -0.4 is 10.6 Å². The van der Waals surface area contributed by atoms with Crippen LogP contribution in [0.25, 0.3) is 0 Å². The summed E-state index contributed by atoms with van der Waals surface area (Å²) in [6.07, 6.45) is 3.25. The minimum absolute atomic E-state index is 0. The van der Waals surface area contributed by atoms with Gasteiger partial charge in [0.15, 0.2) is 0 Å². The molecule has 20 heavy (non-hydrogen) atoms. The van der Waals surface area contributed by atoms with Crippen LogP contribution in [-0.4, -0.2) is 25.0 Å². The number of hydrogen-bond acceptors (Lipinski definition) is 2. The molecule has 1 saturated heterocycles. The molecular formula is C15H20BrClN2O. The average molecular weight is 360 g/mol. The molecule has 0 spiro atoms. The van der Waals surface area contributed by atoms with Crippen LogP contribution in [0.3, 0.4) is 0 Å². The maximum absolute atomic E-state index is 12.2. The summed E-state index contributed by atoms with van der Waals surface area (Å²) in [5.41, 5.74) is 1.27. The maximum Gasteiger partial charge on any atom is 0.224 e. The molecule has 2 fully saturated rings. The molecule has 0 bridgehead atoms. The van der Waals surface area contributed by atoms with Crippen LogP contribution in [-0.2, 0) is 4.79 Å². The summed E-state index contributed by atoms with van der Waals surface area (Å²) in [5, 5.41) is 6.51. The summed E-state index contributed by atoms with van der Waals surface area (Å²) in [6.45, 7) is 2.00. The van der Waals surface area contributed by atoms with Crippen LogP contribution in [0.1, 0.15) is 30.7 Å². The Labute approximate surface area is 134 Å². The minimum atomic E-state index is 0. The van der Waals surface area contributed by atoms with E-state index in [-0.39, 0.29) is 24.2 Å². The van der Waals surface area contributed by atoms with Crippen LogP contribution in [0.2, 0.25) is 0 Å². The fourth-order valence-corrected chi connectivity index (χ4v) is 3.29. The minimum Gasteiger partial charge on any atom is -0.352 e. The molecule has 1 aromatic rings. The van der Waals surface area contributed by atoms with Crippen molar-refractivity contribution in [2.75, 3.05) is 13.1 Å². The van der Waals surface area contributed by atoms with Gasteiger partial charge >= 0.3 is 0 Å². The molecule has 3 unspecified atom stereocenters. The highest BCUT2D eigenvalue weighted by Gasteiger charge is 2.44. The maximum atomic E-state index is 12.2. The van der Waals surface area contributed by atoms with Gasteiger partial charge in [0.25, 0.3) is 0 Å². The molecule has 2 N–H and O–H groups in total. The van der Waals surface area contributed by atoms with E-state index in [9.17, 15) is 4.79 Å². The Balaban J connectivity index is 0.00000147. The lowest BCUT2D eigenvalue weighted by molar-refractivity contribution is -0.123. The molecule has 0 aromatic heterocycles. The zero-order valence-electron chi connectivity index (χ0n) is 11.3. The molecule has 1 heterocycles. The Morgan fingerprint density at radius 3 is 2.95 bits per heavy atom. The van der Waals surface area contributed by atoms with Crippen LogP contribution >= 0.6 is 28.3 Å². The monoisotopic (exact) mass is 358 g/mol. The molecule has 2 aliphatic rings. The van der Waals surface area contributed by atoms with E-state index in [1.54, 1.807) is 0 Å². The number of amides is 1. The van der Waals surface area contributed by atoms with Gasteiger partial charge in [-0.25, -0.2) is 0 Å². The van der Waals surface area contributed by atoms with Gasteiger partial charge in [-0.2, -0.15) is 0 Å². The van der Waals surface area contributed by atoms with Crippen molar-refractivity contribution < 1.29 is 4.79 Å². The van der Waals surface area contributed by atoms with Gasteiger partial charge in [0.1, 0.15) is 0 Å². The molecule has 3 rings (SSSR count). The van der Waals surface area contributed by atoms with Crippen molar-refractivity contribution in [3.8, 4) is 0 Å². The first kappa shape index (κ1) is 15.8. The second-order valence-electron chi connectivity index (χ2n) is 5.56. The number of nitrogens with one attached hydrogen (secondary N) is 2. The molecule has 1 aliphatic heterocycles. The van der Waals surface area contributed by atoms with Crippen molar-refractivity contribution in [2.45, 2.75) is 31.2 Å². The smallest absolute Gasteiger partial charge is 0.224 e. The summed E-state index contributed by atoms with van der Waals surface area (Å²) in [5.74, 6) is 0.823. The van der Waals surface area contributed by atoms with Crippen molar-refractivity contribution in [2.24, 2.45) is 5.92 Å². The van der Waals surface area contributed by atoms with Crippen LogP contribution in [0.5, 0.6) is 0 Å². The molecule has 110 valence electrons. The number of carbonyl (C=O) groups excluding carboxylic acids is 1. The lowest BCUT2D eigenvalue weighted by Crippen LogP contribution is -2.46. The second-order valence-corrected chi connectivity index (χ2v) is 6.47. The molecule has 0 radical (unpaired) electrons. The van der Waals surface area contributed by atoms with Gasteiger partial charge in [0, 0.05) is 23.0 Å². The number of piperidine rings is 1. The summed E-state index contributed by atoms with van der Waals surface area (Å²) < 4.78 is 1.09. The number of halogens is 2. The summed E-state index contributed by atoms with van der Waals surface area (Å²) in [4.78, 5) is 12.2. The number of rotatable bonds is 3. The molecule has 1 aromatic carbocycles. The van der Waals surface area contributed by atoms with E-state index < -0.39 is 0 Å². The molecule has 3 nitrogen and oxygen atoms in total. The van der Waals surface area contributed by atoms with Gasteiger partial charge in [-0.3, -0.25) is 4.79 Å². The fourth-order valence-electron chi connectivity index (χ4n) is 2.87. The standard InChI is InChI=1S/C15H19BrN2O.ClH/c16-11-4-1-3-10(7-11)13-8-14(13)15(19)18-12-5-2-6-17-9-12;/h1,3-4,7,12-14,17H,2,5-6,8-9H2,(H,18,19);1H. The van der Waals surface area contributed by atoms with Crippen LogP contribution in [0, 0.1) is 5.92 Å². The highest BCUT2D eigenvalue weighted by Crippen LogP contribution is 2.48. The largest absolute Gasteiger partial charge is 0.352 e. The van der Waals surface area contributed by atoms with Gasteiger partial charge in [-0.15, -0.1) is 12.4 Å². The Hall–Kier alpha value is -0.580. The Kier molecular flexibility index (Phi) is 5.47. The lowest BCUT2D eigenvalue weighted by atomic mass is 10.1. The van der Waals surface area contributed by atoms with Crippen LogP contribution in [0.15, 0.2) is 28.7 Å². The van der Waals surface area contributed by atoms with Crippen molar-refractivity contribution in [1.29, 1.82) is 0 Å². The first-order valence-corrected chi connectivity index (χ1v) is 7.80. The van der Waals surface area contributed by atoms with Crippen molar-refractivity contribution in [3.63, 3.8) is 0 Å². The Bertz CT molecular complexity index is 477. The molecule has 1 aliphatic carbocycles. The van der Waals surface area contributed by atoms with E-state index in [1.807, 2.05) is 12.1 Å². The molecule has 5 heteroatoms. The zero-order valence-corrected chi connectivity index (χ0v) is 13.7. The average Bonchev–Trinajstić information content (AvgIpc) is 3.20. The third kappa shape index (κ3) is 3.74. The van der Waals surface area contributed by atoms with Gasteiger partial charge in [0.05, 0.1) is 0 Å². The Morgan fingerprint density at radius 2 is 2.25 bits per heavy atom. The highest BCUT2D eigenvalue weighted by molar-refractivity contribution is 9.10. The van der Waals surface area contributed by atoms with E-state index >= 15 is 0 Å². The second kappa shape index (κ2) is 6.92. The van der Waals surface area contributed by atoms with Crippen molar-refractivity contribution in [1.82, 2.24) is 10.6 Å².